The third kappa shape index (κ3) is 2.56. The summed E-state index contributed by atoms with van der Waals surface area (Å²) in [6, 6.07) is 12.4. The van der Waals surface area contributed by atoms with Crippen molar-refractivity contribution in [2.75, 3.05) is 0 Å². The van der Waals surface area contributed by atoms with Gasteiger partial charge in [-0.25, -0.2) is 4.98 Å². The Balaban J connectivity index is 2.15. The SMILES string of the molecule is O=c1[nH]c(-c2ccc(S(=O)(=O)O)cc2)nc2ccccc12. The van der Waals surface area contributed by atoms with Crippen molar-refractivity contribution in [3.05, 3.63) is 58.9 Å². The monoisotopic (exact) mass is 302 g/mol. The molecule has 0 aliphatic heterocycles. The standard InChI is InChI=1S/C14H10N2O4S/c17-14-11-3-1-2-4-12(11)15-13(16-14)9-5-7-10(8-6-9)21(18,19)20/h1-8H,(H,15,16,17)(H,18,19,20). The number of aromatic amines is 1. The fourth-order valence-electron chi connectivity index (χ4n) is 2.01. The lowest BCUT2D eigenvalue weighted by Gasteiger charge is -2.04. The van der Waals surface area contributed by atoms with Gasteiger partial charge in [-0.2, -0.15) is 8.42 Å². The molecule has 1 heterocycles. The molecule has 2 N–H and O–H groups in total. The van der Waals surface area contributed by atoms with Crippen molar-refractivity contribution in [1.82, 2.24) is 9.97 Å². The summed E-state index contributed by atoms with van der Waals surface area (Å²) in [5.74, 6) is 0.334. The molecule has 0 amide bonds. The second-order valence-electron chi connectivity index (χ2n) is 4.43. The van der Waals surface area contributed by atoms with E-state index in [9.17, 15) is 13.2 Å². The number of hydrogen-bond acceptors (Lipinski definition) is 4. The average molecular weight is 302 g/mol. The number of benzene rings is 2. The number of nitrogens with one attached hydrogen (secondary N) is 1. The van der Waals surface area contributed by atoms with E-state index in [2.05, 4.69) is 9.97 Å². The van der Waals surface area contributed by atoms with Crippen LogP contribution in [-0.2, 0) is 10.1 Å². The van der Waals surface area contributed by atoms with E-state index in [1.807, 2.05) is 0 Å². The van der Waals surface area contributed by atoms with E-state index in [1.165, 1.54) is 24.3 Å². The first-order chi connectivity index (χ1) is 9.95. The average Bonchev–Trinajstić information content (AvgIpc) is 2.46. The number of rotatable bonds is 2. The van der Waals surface area contributed by atoms with Crippen LogP contribution in [0.4, 0.5) is 0 Å². The molecular weight excluding hydrogens is 292 g/mol. The first kappa shape index (κ1) is 13.5. The molecule has 0 radical (unpaired) electrons. The van der Waals surface area contributed by atoms with Crippen LogP contribution in [0.1, 0.15) is 0 Å². The van der Waals surface area contributed by atoms with E-state index >= 15 is 0 Å². The van der Waals surface area contributed by atoms with Gasteiger partial charge in [-0.3, -0.25) is 9.35 Å². The molecule has 2 aromatic carbocycles. The quantitative estimate of drug-likeness (QED) is 0.703. The Morgan fingerprint density at radius 3 is 2.33 bits per heavy atom. The Kier molecular flexibility index (Phi) is 3.08. The molecule has 3 aromatic rings. The number of aromatic nitrogens is 2. The molecule has 106 valence electrons. The molecule has 6 nitrogen and oxygen atoms in total. The topological polar surface area (TPSA) is 100 Å². The third-order valence-electron chi connectivity index (χ3n) is 3.04. The van der Waals surface area contributed by atoms with E-state index in [-0.39, 0.29) is 10.5 Å². The minimum atomic E-state index is -4.24. The highest BCUT2D eigenvalue weighted by Gasteiger charge is 2.10. The fraction of sp³-hybridized carbons (Fsp3) is 0. The van der Waals surface area contributed by atoms with E-state index in [0.717, 1.165) is 0 Å². The van der Waals surface area contributed by atoms with E-state index in [0.29, 0.717) is 22.3 Å². The van der Waals surface area contributed by atoms with Gasteiger partial charge in [0, 0.05) is 5.56 Å². The highest BCUT2D eigenvalue weighted by atomic mass is 32.2. The molecule has 1 aromatic heterocycles. The highest BCUT2D eigenvalue weighted by molar-refractivity contribution is 7.85. The van der Waals surface area contributed by atoms with Crippen LogP contribution in [0, 0.1) is 0 Å². The summed E-state index contributed by atoms with van der Waals surface area (Å²) in [7, 11) is -4.24. The number of H-pyrrole nitrogens is 1. The van der Waals surface area contributed by atoms with Gasteiger partial charge in [0.25, 0.3) is 15.7 Å². The van der Waals surface area contributed by atoms with Crippen molar-refractivity contribution in [3.63, 3.8) is 0 Å². The zero-order valence-corrected chi connectivity index (χ0v) is 11.5. The molecular formula is C14H10N2O4S. The van der Waals surface area contributed by atoms with Crippen LogP contribution in [0.2, 0.25) is 0 Å². The molecule has 0 atom stereocenters. The molecule has 0 fully saturated rings. The van der Waals surface area contributed by atoms with Crippen molar-refractivity contribution < 1.29 is 13.0 Å². The predicted octanol–water partition coefficient (Wildman–Crippen LogP) is 1.84. The number of fused-ring (bicyclic) bond motifs is 1. The summed E-state index contributed by atoms with van der Waals surface area (Å²) < 4.78 is 30.9. The van der Waals surface area contributed by atoms with Crippen molar-refractivity contribution in [2.45, 2.75) is 4.90 Å². The normalized spacial score (nSPS) is 11.7. The summed E-state index contributed by atoms with van der Waals surface area (Å²) in [5.41, 5.74) is 0.829. The lowest BCUT2D eigenvalue weighted by Crippen LogP contribution is -2.09. The molecule has 0 unspecified atom stereocenters. The molecule has 7 heteroatoms. The molecule has 0 aliphatic rings. The van der Waals surface area contributed by atoms with Gasteiger partial charge in [0.1, 0.15) is 5.82 Å². The van der Waals surface area contributed by atoms with Crippen molar-refractivity contribution >= 4 is 21.0 Å². The fourth-order valence-corrected chi connectivity index (χ4v) is 2.49. The van der Waals surface area contributed by atoms with Gasteiger partial charge in [-0.15, -0.1) is 0 Å². The van der Waals surface area contributed by atoms with Crippen molar-refractivity contribution in [1.29, 1.82) is 0 Å². The summed E-state index contributed by atoms with van der Waals surface area (Å²) in [6.07, 6.45) is 0. The predicted molar refractivity (Wildman–Crippen MR) is 77.6 cm³/mol. The molecule has 0 aliphatic carbocycles. The molecule has 0 saturated heterocycles. The number of hydrogen-bond donors (Lipinski definition) is 2. The largest absolute Gasteiger partial charge is 0.306 e. The summed E-state index contributed by atoms with van der Waals surface area (Å²) >= 11 is 0. The molecule has 0 bridgehead atoms. The second kappa shape index (κ2) is 4.80. The van der Waals surface area contributed by atoms with Crippen LogP contribution in [0.15, 0.2) is 58.2 Å². The minimum Gasteiger partial charge on any atom is -0.306 e. The smallest absolute Gasteiger partial charge is 0.294 e. The maximum Gasteiger partial charge on any atom is 0.294 e. The van der Waals surface area contributed by atoms with E-state index in [1.54, 1.807) is 24.3 Å². The van der Waals surface area contributed by atoms with Crippen molar-refractivity contribution in [2.24, 2.45) is 0 Å². The molecule has 21 heavy (non-hydrogen) atoms. The summed E-state index contributed by atoms with van der Waals surface area (Å²) in [5, 5.41) is 0.482. The number of nitrogens with zero attached hydrogens (tertiary/aromatic N) is 1. The Bertz CT molecular complexity index is 976. The van der Waals surface area contributed by atoms with Gasteiger partial charge >= 0.3 is 0 Å². The Morgan fingerprint density at radius 1 is 1.00 bits per heavy atom. The van der Waals surface area contributed by atoms with Gasteiger partial charge in [0.05, 0.1) is 15.8 Å². The van der Waals surface area contributed by atoms with Gasteiger partial charge < -0.3 is 4.98 Å². The first-order valence-corrected chi connectivity index (χ1v) is 7.46. The van der Waals surface area contributed by atoms with Gasteiger partial charge in [-0.1, -0.05) is 12.1 Å². The number of para-hydroxylation sites is 1. The van der Waals surface area contributed by atoms with E-state index < -0.39 is 10.1 Å². The van der Waals surface area contributed by atoms with Crippen LogP contribution in [0.5, 0.6) is 0 Å². The second-order valence-corrected chi connectivity index (χ2v) is 5.85. The van der Waals surface area contributed by atoms with Gasteiger partial charge in [-0.05, 0) is 36.4 Å². The lowest BCUT2D eigenvalue weighted by atomic mass is 10.2. The summed E-state index contributed by atoms with van der Waals surface area (Å²) in [4.78, 5) is 18.7. The lowest BCUT2D eigenvalue weighted by molar-refractivity contribution is 0.483. The highest BCUT2D eigenvalue weighted by Crippen LogP contribution is 2.18. The maximum absolute atomic E-state index is 12.0. The Labute approximate surface area is 119 Å². The Hall–Kier alpha value is -2.51. The van der Waals surface area contributed by atoms with Crippen LogP contribution in [0.3, 0.4) is 0 Å². The van der Waals surface area contributed by atoms with E-state index in [4.69, 9.17) is 4.55 Å². The van der Waals surface area contributed by atoms with Gasteiger partial charge in [0.2, 0.25) is 0 Å². The first-order valence-electron chi connectivity index (χ1n) is 6.02. The zero-order valence-electron chi connectivity index (χ0n) is 10.6. The zero-order chi connectivity index (χ0) is 15.0. The third-order valence-corrected chi connectivity index (χ3v) is 3.91. The minimum absolute atomic E-state index is 0.214. The Morgan fingerprint density at radius 2 is 1.67 bits per heavy atom. The summed E-state index contributed by atoms with van der Waals surface area (Å²) in [6.45, 7) is 0. The van der Waals surface area contributed by atoms with Gasteiger partial charge in [0.15, 0.2) is 0 Å². The maximum atomic E-state index is 12.0. The van der Waals surface area contributed by atoms with Crippen LogP contribution < -0.4 is 5.56 Å². The molecule has 0 spiro atoms. The van der Waals surface area contributed by atoms with Crippen LogP contribution in [0.25, 0.3) is 22.3 Å². The molecule has 0 saturated carbocycles. The van der Waals surface area contributed by atoms with Crippen molar-refractivity contribution in [3.8, 4) is 11.4 Å². The van der Waals surface area contributed by atoms with Crippen LogP contribution in [-0.4, -0.2) is 22.9 Å². The van der Waals surface area contributed by atoms with Crippen LogP contribution >= 0.6 is 0 Å². The molecule has 3 rings (SSSR count).